The van der Waals surface area contributed by atoms with E-state index in [-0.39, 0.29) is 6.54 Å². The van der Waals surface area contributed by atoms with E-state index in [2.05, 4.69) is 0 Å². The Hall–Kier alpha value is -1.94. The van der Waals surface area contributed by atoms with Crippen LogP contribution in [-0.2, 0) is 39.8 Å². The highest BCUT2D eigenvalue weighted by Gasteiger charge is 2.64. The molecule has 0 aliphatic carbocycles. The van der Waals surface area contributed by atoms with E-state index in [4.69, 9.17) is 23.6 Å². The first kappa shape index (κ1) is 21.8. The molecular weight excluding hydrogens is 377 g/mol. The minimum absolute atomic E-state index is 0.282. The molecule has 158 valence electrons. The molecule has 0 N–H and O–H groups in total. The fraction of sp³-hybridized carbons (Fsp3) is 0.600. The Morgan fingerprint density at radius 2 is 1.55 bits per heavy atom. The molecule has 1 unspecified atom stereocenters. The van der Waals surface area contributed by atoms with Gasteiger partial charge in [0.15, 0.2) is 6.10 Å². The lowest BCUT2D eigenvalue weighted by atomic mass is 9.65. The average molecular weight is 405 g/mol. The Bertz CT molecular complexity index is 738. The van der Waals surface area contributed by atoms with E-state index in [0.29, 0.717) is 0 Å². The Kier molecular flexibility index (Phi) is 6.05. The molecule has 0 radical (unpaired) electrons. The number of hydroxylamine groups is 2. The normalized spacial score (nSPS) is 28.3. The molecular formula is C20H28BNO7. The van der Waals surface area contributed by atoms with Gasteiger partial charge in [-0.2, -0.15) is 5.06 Å². The molecule has 2 saturated heterocycles. The van der Waals surface area contributed by atoms with Crippen molar-refractivity contribution >= 4 is 19.1 Å². The first-order valence-electron chi connectivity index (χ1n) is 9.60. The van der Waals surface area contributed by atoms with Crippen molar-refractivity contribution in [3.05, 3.63) is 35.9 Å². The maximum Gasteiger partial charge on any atom is 0.466 e. The number of esters is 2. The van der Waals surface area contributed by atoms with Gasteiger partial charge in [0.25, 0.3) is 0 Å². The van der Waals surface area contributed by atoms with Crippen LogP contribution >= 0.6 is 0 Å². The minimum atomic E-state index is -1.07. The van der Waals surface area contributed by atoms with Crippen LogP contribution in [0.15, 0.2) is 30.3 Å². The third kappa shape index (κ3) is 4.05. The van der Waals surface area contributed by atoms with Crippen molar-refractivity contribution in [2.24, 2.45) is 0 Å². The zero-order chi connectivity index (χ0) is 21.4. The number of hydrogen-bond acceptors (Lipinski definition) is 8. The molecule has 1 aromatic carbocycles. The second-order valence-electron chi connectivity index (χ2n) is 8.28. The molecule has 0 amide bonds. The van der Waals surface area contributed by atoms with Crippen molar-refractivity contribution in [3.8, 4) is 0 Å². The standard InChI is InChI=1S/C20H28BNO7/c1-19(2)20(3,4)29-21(28-19)14-15(17(23)25-5)22(27-16(14)18(24)26-6)12-13-10-8-7-9-11-13/h7-11,14-16H,12H2,1-6H3/t14-,15?,16-/m1/s1. The summed E-state index contributed by atoms with van der Waals surface area (Å²) in [6, 6.07) is 8.60. The Balaban J connectivity index is 1.97. The maximum absolute atomic E-state index is 12.8. The SMILES string of the molecule is COC(=O)C1[C@@H](B2OC(C)(C)C(C)(C)O2)[C@H](C(=O)OC)ON1Cc1ccccc1. The van der Waals surface area contributed by atoms with E-state index in [1.54, 1.807) is 0 Å². The van der Waals surface area contributed by atoms with E-state index in [1.807, 2.05) is 58.0 Å². The first-order chi connectivity index (χ1) is 13.6. The summed E-state index contributed by atoms with van der Waals surface area (Å²) in [5, 5.41) is 1.46. The largest absolute Gasteiger partial charge is 0.468 e. The van der Waals surface area contributed by atoms with Gasteiger partial charge >= 0.3 is 19.1 Å². The van der Waals surface area contributed by atoms with Crippen LogP contribution in [0.4, 0.5) is 0 Å². The van der Waals surface area contributed by atoms with Gasteiger partial charge in [-0.15, -0.1) is 0 Å². The molecule has 29 heavy (non-hydrogen) atoms. The molecule has 1 aromatic rings. The van der Waals surface area contributed by atoms with Crippen LogP contribution in [0.3, 0.4) is 0 Å². The summed E-state index contributed by atoms with van der Waals surface area (Å²) < 4.78 is 22.3. The highest BCUT2D eigenvalue weighted by Crippen LogP contribution is 2.46. The highest BCUT2D eigenvalue weighted by molar-refractivity contribution is 6.49. The second kappa shape index (κ2) is 8.06. The minimum Gasteiger partial charge on any atom is -0.468 e. The number of ether oxygens (including phenoxy) is 2. The molecule has 0 spiro atoms. The van der Waals surface area contributed by atoms with Gasteiger partial charge in [0.05, 0.1) is 37.8 Å². The summed E-state index contributed by atoms with van der Waals surface area (Å²) >= 11 is 0. The fourth-order valence-electron chi connectivity index (χ4n) is 3.59. The average Bonchev–Trinajstić information content (AvgIpc) is 3.15. The van der Waals surface area contributed by atoms with Crippen molar-refractivity contribution in [1.82, 2.24) is 5.06 Å². The Morgan fingerprint density at radius 3 is 2.07 bits per heavy atom. The van der Waals surface area contributed by atoms with Crippen molar-refractivity contribution in [2.75, 3.05) is 14.2 Å². The number of hydrogen-bond donors (Lipinski definition) is 0. The molecule has 2 aliphatic rings. The smallest absolute Gasteiger partial charge is 0.466 e. The topological polar surface area (TPSA) is 83.5 Å². The molecule has 2 aliphatic heterocycles. The lowest BCUT2D eigenvalue weighted by Crippen LogP contribution is -2.45. The summed E-state index contributed by atoms with van der Waals surface area (Å²) in [7, 11) is 1.73. The summed E-state index contributed by atoms with van der Waals surface area (Å²) in [5.41, 5.74) is -0.350. The molecule has 8 nitrogen and oxygen atoms in total. The van der Waals surface area contributed by atoms with Crippen LogP contribution in [0.2, 0.25) is 5.82 Å². The van der Waals surface area contributed by atoms with Crippen LogP contribution in [0.5, 0.6) is 0 Å². The van der Waals surface area contributed by atoms with Gasteiger partial charge in [-0.3, -0.25) is 9.63 Å². The van der Waals surface area contributed by atoms with Gasteiger partial charge in [-0.1, -0.05) is 30.3 Å². The van der Waals surface area contributed by atoms with Crippen LogP contribution in [0.25, 0.3) is 0 Å². The van der Waals surface area contributed by atoms with Crippen LogP contribution in [0.1, 0.15) is 33.3 Å². The molecule has 3 rings (SSSR count). The lowest BCUT2D eigenvalue weighted by molar-refractivity contribution is -0.197. The second-order valence-corrected chi connectivity index (χ2v) is 8.28. The van der Waals surface area contributed by atoms with Gasteiger partial charge in [0.2, 0.25) is 0 Å². The van der Waals surface area contributed by atoms with Gasteiger partial charge < -0.3 is 18.8 Å². The summed E-state index contributed by atoms with van der Waals surface area (Å²) in [6.45, 7) is 7.91. The highest BCUT2D eigenvalue weighted by atomic mass is 16.7. The number of nitrogens with zero attached hydrogens (tertiary/aromatic N) is 1. The van der Waals surface area contributed by atoms with Crippen LogP contribution in [-0.4, -0.2) is 61.7 Å². The van der Waals surface area contributed by atoms with E-state index < -0.39 is 48.2 Å². The maximum atomic E-state index is 12.8. The number of methoxy groups -OCH3 is 2. The van der Waals surface area contributed by atoms with Gasteiger partial charge in [0, 0.05) is 0 Å². The molecule has 3 atom stereocenters. The predicted octanol–water partition coefficient (Wildman–Crippen LogP) is 1.98. The third-order valence-electron chi connectivity index (χ3n) is 5.92. The molecule has 9 heteroatoms. The van der Waals surface area contributed by atoms with Gasteiger partial charge in [-0.05, 0) is 33.3 Å². The molecule has 2 heterocycles. The number of carbonyl (C=O) groups is 2. The van der Waals surface area contributed by atoms with Crippen LogP contribution < -0.4 is 0 Å². The number of rotatable bonds is 5. The fourth-order valence-corrected chi connectivity index (χ4v) is 3.59. The van der Waals surface area contributed by atoms with Crippen LogP contribution in [0, 0.1) is 0 Å². The van der Waals surface area contributed by atoms with Crippen molar-refractivity contribution < 1.29 is 33.2 Å². The van der Waals surface area contributed by atoms with Gasteiger partial charge in [0.1, 0.15) is 6.04 Å². The number of benzene rings is 1. The first-order valence-corrected chi connectivity index (χ1v) is 9.60. The predicted molar refractivity (Wildman–Crippen MR) is 105 cm³/mol. The monoisotopic (exact) mass is 405 g/mol. The number of carbonyl (C=O) groups excluding carboxylic acids is 2. The van der Waals surface area contributed by atoms with E-state index in [0.717, 1.165) is 5.56 Å². The van der Waals surface area contributed by atoms with Gasteiger partial charge in [-0.25, -0.2) is 4.79 Å². The Morgan fingerprint density at radius 1 is 1.00 bits per heavy atom. The summed E-state index contributed by atoms with van der Waals surface area (Å²) in [5.74, 6) is -1.90. The van der Waals surface area contributed by atoms with E-state index >= 15 is 0 Å². The zero-order valence-corrected chi connectivity index (χ0v) is 17.7. The third-order valence-corrected chi connectivity index (χ3v) is 5.92. The molecule has 0 bridgehead atoms. The molecule has 0 aromatic heterocycles. The van der Waals surface area contributed by atoms with E-state index in [1.165, 1.54) is 19.3 Å². The summed E-state index contributed by atoms with van der Waals surface area (Å²) in [6.07, 6.45) is -1.07. The zero-order valence-electron chi connectivity index (χ0n) is 17.7. The van der Waals surface area contributed by atoms with Crippen molar-refractivity contribution in [1.29, 1.82) is 0 Å². The van der Waals surface area contributed by atoms with Crippen molar-refractivity contribution in [2.45, 2.75) is 63.4 Å². The summed E-state index contributed by atoms with van der Waals surface area (Å²) in [4.78, 5) is 31.2. The molecule has 0 saturated carbocycles. The molecule has 2 fully saturated rings. The van der Waals surface area contributed by atoms with Crippen molar-refractivity contribution in [3.63, 3.8) is 0 Å². The van der Waals surface area contributed by atoms with E-state index in [9.17, 15) is 9.59 Å². The Labute approximate surface area is 171 Å². The lowest BCUT2D eigenvalue weighted by Gasteiger charge is -2.32. The quantitative estimate of drug-likeness (QED) is 0.543.